The van der Waals surface area contributed by atoms with E-state index < -0.39 is 36.7 Å². The van der Waals surface area contributed by atoms with Crippen LogP contribution in [0.4, 0.5) is 26.3 Å². The molecule has 2 heterocycles. The van der Waals surface area contributed by atoms with Crippen LogP contribution in [0.3, 0.4) is 0 Å². The minimum absolute atomic E-state index is 0. The van der Waals surface area contributed by atoms with Crippen LogP contribution >= 0.6 is 0 Å². The fourth-order valence-electron chi connectivity index (χ4n) is 5.11. The Morgan fingerprint density at radius 3 is 0.944 bits per heavy atom. The molecule has 19 heteroatoms. The molecule has 4 aromatic rings. The van der Waals surface area contributed by atoms with Crippen molar-refractivity contribution in [3.05, 3.63) is 144 Å². The van der Waals surface area contributed by atoms with E-state index in [1.165, 1.54) is 0 Å². The SMILES string of the molecule is CC(C)(C1=N[C@H](c2ccccc2)[C@H](c2ccccc2)O1)C1=N[C@H](c2ccccc2)[C@H](c2ccccc2)O1.O=S(=O)(O)C(F)(F)F.O=S(=O)(O)C(F)(F)F.[Cu]. The molecule has 54 heavy (non-hydrogen) atoms. The van der Waals surface area contributed by atoms with Crippen LogP contribution in [0.1, 0.15) is 60.4 Å². The third-order valence-electron chi connectivity index (χ3n) is 7.76. The molecule has 0 saturated carbocycles. The molecule has 0 aliphatic carbocycles. The zero-order valence-electron chi connectivity index (χ0n) is 28.0. The molecule has 0 amide bonds. The Kier molecular flexibility index (Phi) is 14.3. The van der Waals surface area contributed by atoms with Gasteiger partial charge < -0.3 is 9.47 Å². The third kappa shape index (κ3) is 10.9. The van der Waals surface area contributed by atoms with Crippen molar-refractivity contribution in [2.24, 2.45) is 15.4 Å². The van der Waals surface area contributed by atoms with Gasteiger partial charge in [-0.3, -0.25) is 9.11 Å². The summed E-state index contributed by atoms with van der Waals surface area (Å²) in [5, 5.41) is 0. The van der Waals surface area contributed by atoms with Gasteiger partial charge in [0.25, 0.3) is 0 Å². The first-order valence-electron chi connectivity index (χ1n) is 15.4. The molecular weight excluding hydrogens is 818 g/mol. The summed E-state index contributed by atoms with van der Waals surface area (Å²) < 4.78 is 128. The zero-order valence-corrected chi connectivity index (χ0v) is 30.6. The molecule has 295 valence electrons. The Bertz CT molecular complexity index is 1960. The van der Waals surface area contributed by atoms with Crippen molar-refractivity contribution in [1.82, 2.24) is 0 Å². The fraction of sp³-hybridized carbons (Fsp3) is 0.257. The summed E-state index contributed by atoms with van der Waals surface area (Å²) in [7, 11) is -11.7. The number of aliphatic imine (C=N–C) groups is 2. The van der Waals surface area contributed by atoms with Crippen LogP contribution in [-0.2, 0) is 46.8 Å². The second-order valence-electron chi connectivity index (χ2n) is 11.9. The van der Waals surface area contributed by atoms with E-state index in [4.69, 9.17) is 45.4 Å². The Balaban J connectivity index is 0.000000388. The first kappa shape index (κ1) is 44.1. The van der Waals surface area contributed by atoms with Crippen molar-refractivity contribution in [1.29, 1.82) is 0 Å². The summed E-state index contributed by atoms with van der Waals surface area (Å²) in [5.41, 5.74) is -7.26. The topological polar surface area (TPSA) is 152 Å². The van der Waals surface area contributed by atoms with Crippen LogP contribution in [0.25, 0.3) is 0 Å². The zero-order chi connectivity index (χ0) is 39.2. The number of hydrogen-bond acceptors (Lipinski definition) is 8. The maximum Gasteiger partial charge on any atom is 0.522 e. The Morgan fingerprint density at radius 2 is 0.722 bits per heavy atom. The van der Waals surface area contributed by atoms with E-state index in [1.54, 1.807) is 0 Å². The van der Waals surface area contributed by atoms with Gasteiger partial charge in [-0.25, -0.2) is 9.98 Å². The van der Waals surface area contributed by atoms with Gasteiger partial charge in [-0.2, -0.15) is 43.2 Å². The van der Waals surface area contributed by atoms with Crippen LogP contribution < -0.4 is 0 Å². The summed E-state index contributed by atoms with van der Waals surface area (Å²) in [5.74, 6) is 1.30. The number of alkyl halides is 6. The van der Waals surface area contributed by atoms with Crippen LogP contribution in [0, 0.1) is 5.41 Å². The van der Waals surface area contributed by atoms with E-state index in [1.807, 2.05) is 48.5 Å². The van der Waals surface area contributed by atoms with Crippen LogP contribution in [0.5, 0.6) is 0 Å². The molecule has 0 aromatic heterocycles. The number of hydrogen-bond donors (Lipinski definition) is 2. The summed E-state index contributed by atoms with van der Waals surface area (Å²) in [6.07, 6.45) is -0.426. The van der Waals surface area contributed by atoms with Crippen molar-refractivity contribution in [2.45, 2.75) is 49.2 Å². The van der Waals surface area contributed by atoms with E-state index in [9.17, 15) is 26.3 Å². The third-order valence-corrected chi connectivity index (χ3v) is 8.93. The second kappa shape index (κ2) is 17.5. The van der Waals surface area contributed by atoms with E-state index >= 15 is 0 Å². The molecule has 4 atom stereocenters. The molecule has 2 aliphatic heterocycles. The number of benzene rings is 4. The average molecular weight is 850 g/mol. The van der Waals surface area contributed by atoms with Crippen LogP contribution in [0.2, 0.25) is 0 Å². The van der Waals surface area contributed by atoms with Crippen molar-refractivity contribution in [3.63, 3.8) is 0 Å². The molecule has 10 nitrogen and oxygen atoms in total. The number of rotatable bonds is 6. The van der Waals surface area contributed by atoms with Crippen LogP contribution in [-0.4, -0.2) is 48.8 Å². The van der Waals surface area contributed by atoms with Crippen LogP contribution in [0.15, 0.2) is 131 Å². The summed E-state index contributed by atoms with van der Waals surface area (Å²) in [4.78, 5) is 10.3. The van der Waals surface area contributed by atoms with Gasteiger partial charge in [-0.15, -0.1) is 0 Å². The van der Waals surface area contributed by atoms with Gasteiger partial charge in [0, 0.05) is 17.1 Å². The average Bonchev–Trinajstić information content (AvgIpc) is 3.76. The normalized spacial score (nSPS) is 20.0. The molecule has 0 spiro atoms. The van der Waals surface area contributed by atoms with Gasteiger partial charge in [0.15, 0.2) is 24.0 Å². The van der Waals surface area contributed by atoms with E-state index in [2.05, 4.69) is 86.6 Å². The molecule has 0 saturated heterocycles. The molecule has 6 rings (SSSR count). The molecule has 2 aliphatic rings. The van der Waals surface area contributed by atoms with E-state index in [0.717, 1.165) is 22.3 Å². The van der Waals surface area contributed by atoms with Crippen molar-refractivity contribution in [2.75, 3.05) is 0 Å². The maximum atomic E-state index is 10.7. The maximum absolute atomic E-state index is 10.7. The number of nitrogens with zero attached hydrogens (tertiary/aromatic N) is 2. The quantitative estimate of drug-likeness (QED) is 0.0847. The largest absolute Gasteiger partial charge is 0.522 e. The smallest absolute Gasteiger partial charge is 0.469 e. The van der Waals surface area contributed by atoms with Crippen molar-refractivity contribution >= 4 is 32.0 Å². The van der Waals surface area contributed by atoms with Gasteiger partial charge in [0.05, 0.1) is 0 Å². The predicted molar refractivity (Wildman–Crippen MR) is 183 cm³/mol. The molecule has 0 fully saturated rings. The first-order chi connectivity index (χ1) is 24.6. The standard InChI is InChI=1S/C33H30N2O2.2CHF3O3S.Cu/c1-33(2,31-34-27(23-15-7-3-8-16-23)29(36-31)25-19-11-5-12-20-25)32-35-28(24-17-9-4-10-18-24)30(37-32)26-21-13-6-14-22-26;2*2-1(3,4)8(5,6)7;/h3-22,27-30H,1-2H3;2*(H,5,6,7);/t27-,28-,29+,30+;;;/m1.../s1. The van der Waals surface area contributed by atoms with Gasteiger partial charge in [-0.05, 0) is 36.1 Å². The Hall–Kier alpha value is -4.26. The van der Waals surface area contributed by atoms with E-state index in [-0.39, 0.29) is 41.4 Å². The first-order valence-corrected chi connectivity index (χ1v) is 18.3. The Labute approximate surface area is 317 Å². The van der Waals surface area contributed by atoms with Gasteiger partial charge in [0.2, 0.25) is 0 Å². The van der Waals surface area contributed by atoms with Gasteiger partial charge in [-0.1, -0.05) is 121 Å². The monoisotopic (exact) mass is 849 g/mol. The number of halogens is 6. The molecule has 0 bridgehead atoms. The van der Waals surface area contributed by atoms with Gasteiger partial charge >= 0.3 is 31.3 Å². The predicted octanol–water partition coefficient (Wildman–Crippen LogP) is 8.62. The van der Waals surface area contributed by atoms with E-state index in [0.29, 0.717) is 11.8 Å². The summed E-state index contributed by atoms with van der Waals surface area (Å²) in [6.45, 7) is 4.19. The molecule has 2 N–H and O–H groups in total. The second-order valence-corrected chi connectivity index (χ2v) is 14.8. The molecule has 0 unspecified atom stereocenters. The minimum Gasteiger partial charge on any atom is -0.469 e. The van der Waals surface area contributed by atoms with Gasteiger partial charge in [0.1, 0.15) is 17.5 Å². The fourth-order valence-corrected chi connectivity index (χ4v) is 5.11. The van der Waals surface area contributed by atoms with Crippen molar-refractivity contribution < 1.29 is 78.8 Å². The van der Waals surface area contributed by atoms with Crippen molar-refractivity contribution in [3.8, 4) is 0 Å². The molecular formula is C35H32CuF6N2O8S2. The molecule has 4 aromatic carbocycles. The minimum atomic E-state index is -5.84. The molecule has 1 radical (unpaired) electrons. The number of ether oxygens (including phenoxy) is 2. The summed E-state index contributed by atoms with van der Waals surface area (Å²) >= 11 is 0. The summed E-state index contributed by atoms with van der Waals surface area (Å²) in [6, 6.07) is 41.1. The Morgan fingerprint density at radius 1 is 0.500 bits per heavy atom.